The number of aryl methyl sites for hydroxylation is 2. The first-order valence-corrected chi connectivity index (χ1v) is 4.02. The molecule has 0 unspecified atom stereocenters. The minimum Gasteiger partial charge on any atom is -0.351 e. The highest BCUT2D eigenvalue weighted by atomic mass is 19.0. The van der Waals surface area contributed by atoms with E-state index in [-0.39, 0.29) is 4.70 Å². The van der Waals surface area contributed by atoms with Crippen LogP contribution in [0.4, 0.5) is 4.70 Å². The first-order chi connectivity index (χ1) is 4.88. The van der Waals surface area contributed by atoms with Gasteiger partial charge < -0.3 is 4.57 Å². The topological polar surface area (TPSA) is 4.93 Å². The average Bonchev–Trinajstić information content (AvgIpc) is 2.36. The maximum Gasteiger partial charge on any atom is 0.0219 e. The Balaban J connectivity index is 0.000001000. The summed E-state index contributed by atoms with van der Waals surface area (Å²) < 4.78 is 2.32. The summed E-state index contributed by atoms with van der Waals surface area (Å²) in [5.74, 6) is 0. The van der Waals surface area contributed by atoms with Crippen LogP contribution in [-0.2, 0) is 13.0 Å². The summed E-state index contributed by atoms with van der Waals surface area (Å²) in [6.45, 7) is 5.57. The van der Waals surface area contributed by atoms with E-state index < -0.39 is 0 Å². The molecule has 0 N–H and O–H groups in total. The van der Waals surface area contributed by atoms with Crippen molar-refractivity contribution in [1.29, 1.82) is 0 Å². The van der Waals surface area contributed by atoms with Crippen LogP contribution in [0.2, 0.25) is 0 Å². The fraction of sp³-hybridized carbons (Fsp3) is 0.556. The fourth-order valence-corrected chi connectivity index (χ4v) is 1.23. The zero-order chi connectivity index (χ0) is 7.40. The van der Waals surface area contributed by atoms with Crippen LogP contribution in [0.1, 0.15) is 26.0 Å². The van der Waals surface area contributed by atoms with E-state index in [9.17, 15) is 0 Å². The Labute approximate surface area is 67.4 Å². The maximum atomic E-state index is 2.32. The van der Waals surface area contributed by atoms with Crippen molar-refractivity contribution in [3.63, 3.8) is 0 Å². The molecule has 1 nitrogen and oxygen atoms in total. The molecule has 2 heteroatoms. The van der Waals surface area contributed by atoms with Gasteiger partial charge in [-0.2, -0.15) is 0 Å². The lowest BCUT2D eigenvalue weighted by Crippen LogP contribution is -1.98. The number of hydrogen-bond donors (Lipinski definition) is 0. The molecule has 0 saturated carbocycles. The second kappa shape index (κ2) is 4.94. The molecular weight excluding hydrogens is 141 g/mol. The van der Waals surface area contributed by atoms with Crippen LogP contribution < -0.4 is 0 Å². The Morgan fingerprint density at radius 1 is 1.36 bits per heavy atom. The van der Waals surface area contributed by atoms with Crippen LogP contribution in [0, 0.1) is 0 Å². The largest absolute Gasteiger partial charge is 0.351 e. The quantitative estimate of drug-likeness (QED) is 0.635. The summed E-state index contributed by atoms with van der Waals surface area (Å²) in [4.78, 5) is 0. The van der Waals surface area contributed by atoms with Gasteiger partial charge in [-0.1, -0.05) is 13.8 Å². The standard InChI is InChI=1S/C9H15N.FH/c1-3-7-10-8-5-6-9(10)4-2;/h5-6,8H,3-4,7H2,1-2H3;1H. The molecule has 0 aromatic carbocycles. The zero-order valence-corrected chi connectivity index (χ0v) is 7.21. The molecule has 11 heavy (non-hydrogen) atoms. The molecule has 0 amide bonds. The second-order valence-corrected chi connectivity index (χ2v) is 2.55. The molecule has 0 fully saturated rings. The van der Waals surface area contributed by atoms with E-state index in [1.54, 1.807) is 0 Å². The van der Waals surface area contributed by atoms with E-state index in [1.807, 2.05) is 0 Å². The molecule has 0 aliphatic carbocycles. The van der Waals surface area contributed by atoms with E-state index >= 15 is 0 Å². The van der Waals surface area contributed by atoms with Crippen molar-refractivity contribution in [3.05, 3.63) is 24.0 Å². The number of halogens is 1. The normalized spacial score (nSPS) is 9.27. The SMILES string of the molecule is CCCn1cccc1CC.F. The van der Waals surface area contributed by atoms with Crippen LogP contribution in [0.3, 0.4) is 0 Å². The van der Waals surface area contributed by atoms with Gasteiger partial charge in [0.1, 0.15) is 0 Å². The summed E-state index contributed by atoms with van der Waals surface area (Å²) in [7, 11) is 0. The van der Waals surface area contributed by atoms with Gasteiger partial charge in [-0.05, 0) is 25.0 Å². The Bertz CT molecular complexity index is 193. The average molecular weight is 157 g/mol. The summed E-state index contributed by atoms with van der Waals surface area (Å²) in [5, 5.41) is 0. The molecule has 0 atom stereocenters. The number of aromatic nitrogens is 1. The Kier molecular flexibility index (Phi) is 4.59. The molecule has 1 heterocycles. The van der Waals surface area contributed by atoms with Crippen LogP contribution >= 0.6 is 0 Å². The van der Waals surface area contributed by atoms with Crippen molar-refractivity contribution in [3.8, 4) is 0 Å². The molecule has 0 saturated heterocycles. The van der Waals surface area contributed by atoms with E-state index in [2.05, 4.69) is 36.7 Å². The first kappa shape index (κ1) is 10.2. The number of nitrogens with zero attached hydrogens (tertiary/aromatic N) is 1. The first-order valence-electron chi connectivity index (χ1n) is 4.02. The smallest absolute Gasteiger partial charge is 0.0219 e. The van der Waals surface area contributed by atoms with Crippen LogP contribution in [-0.4, -0.2) is 4.57 Å². The minimum absolute atomic E-state index is 0. The van der Waals surface area contributed by atoms with Gasteiger partial charge in [0.2, 0.25) is 0 Å². The predicted octanol–water partition coefficient (Wildman–Crippen LogP) is 2.61. The molecule has 0 radical (unpaired) electrons. The van der Waals surface area contributed by atoms with Gasteiger partial charge >= 0.3 is 0 Å². The van der Waals surface area contributed by atoms with Crippen molar-refractivity contribution in [2.24, 2.45) is 0 Å². The summed E-state index contributed by atoms with van der Waals surface area (Å²) in [6.07, 6.45) is 4.52. The van der Waals surface area contributed by atoms with Gasteiger partial charge in [0.25, 0.3) is 0 Å². The summed E-state index contributed by atoms with van der Waals surface area (Å²) in [6, 6.07) is 4.31. The molecular formula is C9H16FN. The molecule has 0 spiro atoms. The van der Waals surface area contributed by atoms with Crippen LogP contribution in [0.5, 0.6) is 0 Å². The maximum absolute atomic E-state index is 2.32. The lowest BCUT2D eigenvalue weighted by atomic mass is 10.3. The molecule has 64 valence electrons. The molecule has 0 aliphatic rings. The fourth-order valence-electron chi connectivity index (χ4n) is 1.23. The monoisotopic (exact) mass is 157 g/mol. The lowest BCUT2D eigenvalue weighted by Gasteiger charge is -2.03. The third kappa shape index (κ3) is 2.37. The molecule has 0 aliphatic heterocycles. The molecule has 1 aromatic rings. The third-order valence-electron chi connectivity index (χ3n) is 1.75. The highest BCUT2D eigenvalue weighted by Gasteiger charge is 1.94. The lowest BCUT2D eigenvalue weighted by molar-refractivity contribution is 0.653. The van der Waals surface area contributed by atoms with Gasteiger partial charge in [0.05, 0.1) is 0 Å². The molecule has 1 aromatic heterocycles. The molecule has 1 rings (SSSR count). The van der Waals surface area contributed by atoms with Crippen molar-refractivity contribution in [2.75, 3.05) is 0 Å². The highest BCUT2D eigenvalue weighted by molar-refractivity contribution is 5.06. The van der Waals surface area contributed by atoms with Crippen molar-refractivity contribution < 1.29 is 4.70 Å². The predicted molar refractivity (Wildman–Crippen MR) is 46.6 cm³/mol. The van der Waals surface area contributed by atoms with E-state index in [0.717, 1.165) is 13.0 Å². The number of rotatable bonds is 3. The number of hydrogen-bond acceptors (Lipinski definition) is 0. The Morgan fingerprint density at radius 2 is 2.09 bits per heavy atom. The van der Waals surface area contributed by atoms with Gasteiger partial charge in [0, 0.05) is 18.4 Å². The van der Waals surface area contributed by atoms with E-state index in [0.29, 0.717) is 0 Å². The van der Waals surface area contributed by atoms with Gasteiger partial charge in [0.15, 0.2) is 0 Å². The van der Waals surface area contributed by atoms with Gasteiger partial charge in [-0.15, -0.1) is 0 Å². The summed E-state index contributed by atoms with van der Waals surface area (Å²) in [5.41, 5.74) is 1.45. The van der Waals surface area contributed by atoms with E-state index in [1.165, 1.54) is 12.1 Å². The van der Waals surface area contributed by atoms with Crippen molar-refractivity contribution >= 4 is 0 Å². The molecule has 0 bridgehead atoms. The van der Waals surface area contributed by atoms with E-state index in [4.69, 9.17) is 0 Å². The second-order valence-electron chi connectivity index (χ2n) is 2.55. The van der Waals surface area contributed by atoms with Crippen LogP contribution in [0.15, 0.2) is 18.3 Å². The third-order valence-corrected chi connectivity index (χ3v) is 1.75. The highest BCUT2D eigenvalue weighted by Crippen LogP contribution is 2.03. The van der Waals surface area contributed by atoms with Crippen molar-refractivity contribution in [1.82, 2.24) is 4.57 Å². The van der Waals surface area contributed by atoms with Crippen LogP contribution in [0.25, 0.3) is 0 Å². The van der Waals surface area contributed by atoms with Crippen molar-refractivity contribution in [2.45, 2.75) is 33.2 Å². The van der Waals surface area contributed by atoms with Gasteiger partial charge in [-0.25, -0.2) is 0 Å². The zero-order valence-electron chi connectivity index (χ0n) is 7.21. The summed E-state index contributed by atoms with van der Waals surface area (Å²) >= 11 is 0. The van der Waals surface area contributed by atoms with Gasteiger partial charge in [-0.3, -0.25) is 4.70 Å². The Morgan fingerprint density at radius 3 is 2.64 bits per heavy atom. The minimum atomic E-state index is 0. The Hall–Kier alpha value is -0.790.